The van der Waals surface area contributed by atoms with Crippen LogP contribution in [0.3, 0.4) is 0 Å². The maximum atomic E-state index is 12.3. The molecule has 3 heterocycles. The van der Waals surface area contributed by atoms with Crippen LogP contribution in [-0.2, 0) is 11.2 Å². The van der Waals surface area contributed by atoms with Crippen molar-refractivity contribution in [3.63, 3.8) is 0 Å². The molecule has 1 fully saturated rings. The molecule has 1 aliphatic heterocycles. The molecule has 1 aliphatic rings. The number of hydrogen-bond acceptors (Lipinski definition) is 4. The Balaban J connectivity index is 1.55. The SMILES string of the molecule is O=C(CCc1cscn1)N1CCC[C@H](c2ccn[nH]2)C1. The van der Waals surface area contributed by atoms with Gasteiger partial charge in [-0.15, -0.1) is 11.3 Å². The third-order valence-electron chi connectivity index (χ3n) is 3.81. The van der Waals surface area contributed by atoms with Crippen LogP contribution in [0, 0.1) is 0 Å². The van der Waals surface area contributed by atoms with E-state index in [0.717, 1.165) is 43.7 Å². The van der Waals surface area contributed by atoms with Crippen molar-refractivity contribution in [1.29, 1.82) is 0 Å². The Kier molecular flexibility index (Phi) is 4.11. The minimum absolute atomic E-state index is 0.238. The number of amides is 1. The zero-order valence-electron chi connectivity index (χ0n) is 11.3. The number of nitrogens with one attached hydrogen (secondary N) is 1. The third-order valence-corrected chi connectivity index (χ3v) is 4.45. The molecule has 6 heteroatoms. The third kappa shape index (κ3) is 3.07. The number of likely N-dealkylation sites (tertiary alicyclic amines) is 1. The van der Waals surface area contributed by atoms with Crippen molar-refractivity contribution in [3.05, 3.63) is 34.5 Å². The maximum Gasteiger partial charge on any atom is 0.222 e. The predicted molar refractivity (Wildman–Crippen MR) is 77.6 cm³/mol. The van der Waals surface area contributed by atoms with Crippen LogP contribution in [0.2, 0.25) is 0 Å². The monoisotopic (exact) mass is 290 g/mol. The van der Waals surface area contributed by atoms with Crippen molar-refractivity contribution in [2.45, 2.75) is 31.6 Å². The Morgan fingerprint density at radius 2 is 2.50 bits per heavy atom. The summed E-state index contributed by atoms with van der Waals surface area (Å²) < 4.78 is 0. The Labute approximate surface area is 122 Å². The van der Waals surface area contributed by atoms with Gasteiger partial charge >= 0.3 is 0 Å². The van der Waals surface area contributed by atoms with Crippen molar-refractivity contribution < 1.29 is 4.79 Å². The summed E-state index contributed by atoms with van der Waals surface area (Å²) in [6, 6.07) is 2.01. The van der Waals surface area contributed by atoms with Crippen molar-refractivity contribution in [2.24, 2.45) is 0 Å². The molecule has 1 saturated heterocycles. The predicted octanol–water partition coefficient (Wildman–Crippen LogP) is 2.21. The summed E-state index contributed by atoms with van der Waals surface area (Å²) in [4.78, 5) is 18.5. The lowest BCUT2D eigenvalue weighted by Gasteiger charge is -2.32. The summed E-state index contributed by atoms with van der Waals surface area (Å²) in [6.07, 6.45) is 5.26. The van der Waals surface area contributed by atoms with Gasteiger partial charge in [0.05, 0.1) is 11.2 Å². The van der Waals surface area contributed by atoms with Gasteiger partial charge in [0.15, 0.2) is 0 Å². The van der Waals surface area contributed by atoms with E-state index in [4.69, 9.17) is 0 Å². The van der Waals surface area contributed by atoms with Gasteiger partial charge in [-0.25, -0.2) is 4.98 Å². The lowest BCUT2D eigenvalue weighted by atomic mass is 9.94. The fraction of sp³-hybridized carbons (Fsp3) is 0.500. The molecule has 0 aliphatic carbocycles. The minimum atomic E-state index is 0.238. The van der Waals surface area contributed by atoms with Gasteiger partial charge in [-0.05, 0) is 25.3 Å². The molecule has 5 nitrogen and oxygen atoms in total. The number of aromatic amines is 1. The van der Waals surface area contributed by atoms with Crippen LogP contribution in [0.4, 0.5) is 0 Å². The number of H-pyrrole nitrogens is 1. The molecule has 1 N–H and O–H groups in total. The number of aromatic nitrogens is 3. The molecular formula is C14H18N4OS. The van der Waals surface area contributed by atoms with Crippen LogP contribution in [0.1, 0.15) is 36.6 Å². The molecule has 0 unspecified atom stereocenters. The Hall–Kier alpha value is -1.69. The average Bonchev–Trinajstić information content (AvgIpc) is 3.18. The van der Waals surface area contributed by atoms with Crippen molar-refractivity contribution >= 4 is 17.2 Å². The minimum Gasteiger partial charge on any atom is -0.342 e. The highest BCUT2D eigenvalue weighted by Gasteiger charge is 2.25. The summed E-state index contributed by atoms with van der Waals surface area (Å²) in [5.74, 6) is 0.636. The largest absolute Gasteiger partial charge is 0.342 e. The smallest absolute Gasteiger partial charge is 0.222 e. The first-order valence-electron chi connectivity index (χ1n) is 6.97. The lowest BCUT2D eigenvalue weighted by molar-refractivity contribution is -0.132. The van der Waals surface area contributed by atoms with Gasteiger partial charge in [0.25, 0.3) is 0 Å². The lowest BCUT2D eigenvalue weighted by Crippen LogP contribution is -2.39. The van der Waals surface area contributed by atoms with Gasteiger partial charge in [0, 0.05) is 42.7 Å². The van der Waals surface area contributed by atoms with E-state index < -0.39 is 0 Å². The van der Waals surface area contributed by atoms with Gasteiger partial charge in [-0.2, -0.15) is 5.10 Å². The maximum absolute atomic E-state index is 12.3. The second-order valence-electron chi connectivity index (χ2n) is 5.17. The van der Waals surface area contributed by atoms with E-state index in [2.05, 4.69) is 15.2 Å². The fourth-order valence-corrected chi connectivity index (χ4v) is 3.30. The topological polar surface area (TPSA) is 61.9 Å². The van der Waals surface area contributed by atoms with Crippen LogP contribution in [-0.4, -0.2) is 39.1 Å². The van der Waals surface area contributed by atoms with Crippen LogP contribution >= 0.6 is 11.3 Å². The van der Waals surface area contributed by atoms with Crippen molar-refractivity contribution in [2.75, 3.05) is 13.1 Å². The summed E-state index contributed by atoms with van der Waals surface area (Å²) in [7, 11) is 0. The number of piperidine rings is 1. The van der Waals surface area contributed by atoms with E-state index >= 15 is 0 Å². The molecule has 106 valence electrons. The summed E-state index contributed by atoms with van der Waals surface area (Å²) in [5.41, 5.74) is 3.97. The number of nitrogens with zero attached hydrogens (tertiary/aromatic N) is 3. The molecule has 0 radical (unpaired) electrons. The molecule has 20 heavy (non-hydrogen) atoms. The molecule has 0 saturated carbocycles. The first-order chi connectivity index (χ1) is 9.83. The normalized spacial score (nSPS) is 19.2. The summed E-state index contributed by atoms with van der Waals surface area (Å²) in [5, 5.41) is 9.04. The van der Waals surface area contributed by atoms with E-state index in [-0.39, 0.29) is 5.91 Å². The quantitative estimate of drug-likeness (QED) is 0.939. The molecule has 0 aromatic carbocycles. The summed E-state index contributed by atoms with van der Waals surface area (Å²) in [6.45, 7) is 1.68. The fourth-order valence-electron chi connectivity index (χ4n) is 2.71. The number of rotatable bonds is 4. The van der Waals surface area contributed by atoms with E-state index in [1.165, 1.54) is 0 Å². The molecule has 2 aromatic heterocycles. The van der Waals surface area contributed by atoms with E-state index in [9.17, 15) is 4.79 Å². The van der Waals surface area contributed by atoms with E-state index in [0.29, 0.717) is 12.3 Å². The van der Waals surface area contributed by atoms with Gasteiger partial charge < -0.3 is 4.90 Å². The molecule has 0 bridgehead atoms. The summed E-state index contributed by atoms with van der Waals surface area (Å²) >= 11 is 1.58. The first-order valence-corrected chi connectivity index (χ1v) is 7.91. The number of thiazole rings is 1. The molecular weight excluding hydrogens is 272 g/mol. The molecule has 1 atom stereocenters. The zero-order chi connectivity index (χ0) is 13.8. The second kappa shape index (κ2) is 6.17. The van der Waals surface area contributed by atoms with Gasteiger partial charge in [0.2, 0.25) is 5.91 Å². The van der Waals surface area contributed by atoms with Gasteiger partial charge in [-0.1, -0.05) is 0 Å². The standard InChI is InChI=1S/C14H18N4OS/c19-14(4-3-12-9-20-10-15-12)18-7-1-2-11(8-18)13-5-6-16-17-13/h5-6,9-11H,1-4,7-8H2,(H,16,17)/t11-/m0/s1. The number of aryl methyl sites for hydroxylation is 1. The van der Waals surface area contributed by atoms with Crippen LogP contribution in [0.15, 0.2) is 23.2 Å². The Morgan fingerprint density at radius 1 is 1.55 bits per heavy atom. The number of carbonyl (C=O) groups excluding carboxylic acids is 1. The van der Waals surface area contributed by atoms with Crippen LogP contribution < -0.4 is 0 Å². The van der Waals surface area contributed by atoms with Crippen molar-refractivity contribution in [3.8, 4) is 0 Å². The molecule has 2 aromatic rings. The van der Waals surface area contributed by atoms with Gasteiger partial charge in [0.1, 0.15) is 0 Å². The average molecular weight is 290 g/mol. The van der Waals surface area contributed by atoms with Crippen molar-refractivity contribution in [1.82, 2.24) is 20.1 Å². The molecule has 1 amide bonds. The first kappa shape index (κ1) is 13.3. The van der Waals surface area contributed by atoms with Crippen LogP contribution in [0.5, 0.6) is 0 Å². The van der Waals surface area contributed by atoms with Gasteiger partial charge in [-0.3, -0.25) is 9.89 Å². The molecule has 0 spiro atoms. The highest BCUT2D eigenvalue weighted by Crippen LogP contribution is 2.25. The number of hydrogen-bond donors (Lipinski definition) is 1. The van der Waals surface area contributed by atoms with E-state index in [1.54, 1.807) is 17.5 Å². The molecule has 3 rings (SSSR count). The Morgan fingerprint density at radius 3 is 3.25 bits per heavy atom. The second-order valence-corrected chi connectivity index (χ2v) is 5.89. The number of carbonyl (C=O) groups is 1. The van der Waals surface area contributed by atoms with Crippen LogP contribution in [0.25, 0.3) is 0 Å². The highest BCUT2D eigenvalue weighted by molar-refractivity contribution is 7.07. The van der Waals surface area contributed by atoms with E-state index in [1.807, 2.05) is 21.9 Å². The Bertz CT molecular complexity index is 538. The highest BCUT2D eigenvalue weighted by atomic mass is 32.1. The zero-order valence-corrected chi connectivity index (χ0v) is 12.1.